The van der Waals surface area contributed by atoms with Crippen LogP contribution in [0.25, 0.3) is 0 Å². The van der Waals surface area contributed by atoms with E-state index in [1.807, 2.05) is 13.0 Å². The van der Waals surface area contributed by atoms with Crippen molar-refractivity contribution >= 4 is 5.82 Å². The van der Waals surface area contributed by atoms with Gasteiger partial charge in [-0.25, -0.2) is 0 Å². The lowest BCUT2D eigenvalue weighted by Gasteiger charge is -2.16. The van der Waals surface area contributed by atoms with Crippen molar-refractivity contribution in [2.75, 3.05) is 11.9 Å². The van der Waals surface area contributed by atoms with Gasteiger partial charge in [-0.05, 0) is 30.4 Å². The maximum atomic E-state index is 4.01. The van der Waals surface area contributed by atoms with Crippen LogP contribution >= 0.6 is 0 Å². The predicted octanol–water partition coefficient (Wildman–Crippen LogP) is 2.49. The van der Waals surface area contributed by atoms with Crippen LogP contribution < -0.4 is 5.32 Å². The number of hydrogen-bond donors (Lipinski definition) is 1. The van der Waals surface area contributed by atoms with Crippen molar-refractivity contribution in [3.8, 4) is 0 Å². The summed E-state index contributed by atoms with van der Waals surface area (Å²) in [7, 11) is 0. The maximum absolute atomic E-state index is 4.01. The van der Waals surface area contributed by atoms with E-state index in [2.05, 4.69) is 36.3 Å². The molecule has 0 aliphatic rings. The van der Waals surface area contributed by atoms with Crippen molar-refractivity contribution in [2.45, 2.75) is 27.7 Å². The van der Waals surface area contributed by atoms with E-state index in [1.165, 1.54) is 0 Å². The molecule has 0 aliphatic heterocycles. The van der Waals surface area contributed by atoms with Crippen LogP contribution in [0.1, 0.15) is 26.3 Å². The van der Waals surface area contributed by atoms with Gasteiger partial charge >= 0.3 is 0 Å². The Balaban J connectivity index is 2.45. The van der Waals surface area contributed by atoms with E-state index in [0.29, 0.717) is 11.8 Å². The van der Waals surface area contributed by atoms with Crippen molar-refractivity contribution in [1.82, 2.24) is 10.2 Å². The molecule has 1 aromatic rings. The second-order valence-corrected chi connectivity index (χ2v) is 4.22. The first-order chi connectivity index (χ1) is 6.59. The number of aromatic nitrogens is 2. The highest BCUT2D eigenvalue weighted by Crippen LogP contribution is 2.11. The number of rotatable bonds is 4. The molecule has 1 N–H and O–H groups in total. The van der Waals surface area contributed by atoms with Crippen molar-refractivity contribution in [3.05, 3.63) is 17.8 Å². The third kappa shape index (κ3) is 3.32. The van der Waals surface area contributed by atoms with Gasteiger partial charge in [0.2, 0.25) is 0 Å². The number of anilines is 1. The fraction of sp³-hybridized carbons (Fsp3) is 0.636. The summed E-state index contributed by atoms with van der Waals surface area (Å²) in [6.07, 6.45) is 1.76. The lowest BCUT2D eigenvalue weighted by Crippen LogP contribution is -2.17. The summed E-state index contributed by atoms with van der Waals surface area (Å²) in [5.41, 5.74) is 1.14. The molecule has 3 heteroatoms. The van der Waals surface area contributed by atoms with Gasteiger partial charge in [-0.1, -0.05) is 20.8 Å². The molecule has 78 valence electrons. The highest BCUT2D eigenvalue weighted by molar-refractivity contribution is 5.34. The highest BCUT2D eigenvalue weighted by Gasteiger charge is 2.06. The average Bonchev–Trinajstić information content (AvgIpc) is 2.14. The molecule has 0 fully saturated rings. The Morgan fingerprint density at radius 1 is 1.36 bits per heavy atom. The van der Waals surface area contributed by atoms with E-state index in [4.69, 9.17) is 0 Å². The SMILES string of the molecule is Cc1cnnc(NCC(C)C(C)C)c1. The predicted molar refractivity (Wildman–Crippen MR) is 59.3 cm³/mol. The van der Waals surface area contributed by atoms with Crippen LogP contribution in [0.15, 0.2) is 12.3 Å². The molecule has 1 aromatic heterocycles. The largest absolute Gasteiger partial charge is 0.368 e. The Labute approximate surface area is 85.9 Å². The quantitative estimate of drug-likeness (QED) is 0.798. The van der Waals surface area contributed by atoms with Crippen LogP contribution in [-0.4, -0.2) is 16.7 Å². The fourth-order valence-corrected chi connectivity index (χ4v) is 1.05. The second kappa shape index (κ2) is 4.94. The summed E-state index contributed by atoms with van der Waals surface area (Å²) in [6.45, 7) is 9.67. The molecule has 1 heterocycles. The van der Waals surface area contributed by atoms with Crippen LogP contribution in [0.5, 0.6) is 0 Å². The first kappa shape index (κ1) is 11.0. The average molecular weight is 193 g/mol. The van der Waals surface area contributed by atoms with Crippen molar-refractivity contribution < 1.29 is 0 Å². The standard InChI is InChI=1S/C11H19N3/c1-8(2)10(4)7-12-11-5-9(3)6-13-14-11/h5-6,8,10H,7H2,1-4H3,(H,12,14). The summed E-state index contributed by atoms with van der Waals surface area (Å²) in [5.74, 6) is 2.22. The van der Waals surface area contributed by atoms with Gasteiger partial charge in [0.25, 0.3) is 0 Å². The molecule has 1 atom stereocenters. The van der Waals surface area contributed by atoms with Gasteiger partial charge in [0.05, 0.1) is 6.20 Å². The molecule has 1 rings (SSSR count). The third-order valence-electron chi connectivity index (χ3n) is 2.53. The topological polar surface area (TPSA) is 37.8 Å². The number of nitrogens with one attached hydrogen (secondary N) is 1. The zero-order valence-electron chi connectivity index (χ0n) is 9.41. The molecule has 0 aromatic carbocycles. The maximum Gasteiger partial charge on any atom is 0.148 e. The van der Waals surface area contributed by atoms with Crippen molar-refractivity contribution in [2.24, 2.45) is 11.8 Å². The normalized spacial score (nSPS) is 12.9. The molecule has 1 unspecified atom stereocenters. The Morgan fingerprint density at radius 3 is 2.64 bits per heavy atom. The molecular weight excluding hydrogens is 174 g/mol. The summed E-state index contributed by atoms with van der Waals surface area (Å²) in [4.78, 5) is 0. The molecule has 0 spiro atoms. The number of nitrogens with zero attached hydrogens (tertiary/aromatic N) is 2. The van der Waals surface area contributed by atoms with Crippen LogP contribution in [0.4, 0.5) is 5.82 Å². The molecule has 3 nitrogen and oxygen atoms in total. The van der Waals surface area contributed by atoms with E-state index in [-0.39, 0.29) is 0 Å². The van der Waals surface area contributed by atoms with Crippen LogP contribution in [0, 0.1) is 18.8 Å². The zero-order chi connectivity index (χ0) is 10.6. The summed E-state index contributed by atoms with van der Waals surface area (Å²) < 4.78 is 0. The van der Waals surface area contributed by atoms with Gasteiger partial charge < -0.3 is 5.32 Å². The van der Waals surface area contributed by atoms with E-state index in [0.717, 1.165) is 17.9 Å². The molecule has 0 saturated heterocycles. The Hall–Kier alpha value is -1.12. The molecule has 0 saturated carbocycles. The Morgan fingerprint density at radius 2 is 2.07 bits per heavy atom. The van der Waals surface area contributed by atoms with E-state index >= 15 is 0 Å². The van der Waals surface area contributed by atoms with Gasteiger partial charge in [0, 0.05) is 6.54 Å². The molecule has 14 heavy (non-hydrogen) atoms. The van der Waals surface area contributed by atoms with Crippen LogP contribution in [-0.2, 0) is 0 Å². The van der Waals surface area contributed by atoms with Crippen molar-refractivity contribution in [3.63, 3.8) is 0 Å². The third-order valence-corrected chi connectivity index (χ3v) is 2.53. The van der Waals surface area contributed by atoms with Gasteiger partial charge in [-0.15, -0.1) is 5.10 Å². The van der Waals surface area contributed by atoms with Gasteiger partial charge in [-0.3, -0.25) is 0 Å². The molecule has 0 aliphatic carbocycles. The van der Waals surface area contributed by atoms with E-state index < -0.39 is 0 Å². The molecule has 0 amide bonds. The van der Waals surface area contributed by atoms with Gasteiger partial charge in [-0.2, -0.15) is 5.10 Å². The monoisotopic (exact) mass is 193 g/mol. The minimum absolute atomic E-state index is 0.650. The van der Waals surface area contributed by atoms with E-state index in [9.17, 15) is 0 Å². The molecule has 0 radical (unpaired) electrons. The lowest BCUT2D eigenvalue weighted by atomic mass is 9.98. The van der Waals surface area contributed by atoms with Crippen LogP contribution in [0.2, 0.25) is 0 Å². The Kier molecular flexibility index (Phi) is 3.86. The first-order valence-corrected chi connectivity index (χ1v) is 5.13. The van der Waals surface area contributed by atoms with E-state index in [1.54, 1.807) is 6.20 Å². The smallest absolute Gasteiger partial charge is 0.148 e. The Bertz CT molecular complexity index is 284. The first-order valence-electron chi connectivity index (χ1n) is 5.13. The van der Waals surface area contributed by atoms with Crippen LogP contribution in [0.3, 0.4) is 0 Å². The molecule has 0 bridgehead atoms. The fourth-order valence-electron chi connectivity index (χ4n) is 1.05. The van der Waals surface area contributed by atoms with Gasteiger partial charge in [0.1, 0.15) is 5.82 Å². The number of aryl methyl sites for hydroxylation is 1. The van der Waals surface area contributed by atoms with Gasteiger partial charge in [0.15, 0.2) is 0 Å². The number of hydrogen-bond acceptors (Lipinski definition) is 3. The zero-order valence-corrected chi connectivity index (χ0v) is 9.41. The highest BCUT2D eigenvalue weighted by atomic mass is 15.2. The minimum Gasteiger partial charge on any atom is -0.368 e. The van der Waals surface area contributed by atoms with Crippen molar-refractivity contribution in [1.29, 1.82) is 0 Å². The summed E-state index contributed by atoms with van der Waals surface area (Å²) >= 11 is 0. The summed E-state index contributed by atoms with van der Waals surface area (Å²) in [6, 6.07) is 2.01. The molecular formula is C11H19N3. The lowest BCUT2D eigenvalue weighted by molar-refractivity contribution is 0.439. The second-order valence-electron chi connectivity index (χ2n) is 4.22. The summed E-state index contributed by atoms with van der Waals surface area (Å²) in [5, 5.41) is 11.2. The minimum atomic E-state index is 0.650.